The van der Waals surface area contributed by atoms with Crippen LogP contribution in [0.25, 0.3) is 58.8 Å². The zero-order valence-corrected chi connectivity index (χ0v) is 19.1. The van der Waals surface area contributed by atoms with Crippen LogP contribution < -0.4 is 5.46 Å². The molecule has 2 heterocycles. The van der Waals surface area contributed by atoms with Gasteiger partial charge in [-0.1, -0.05) is 66.1 Å². The van der Waals surface area contributed by atoms with Crippen LogP contribution in [-0.4, -0.2) is 17.1 Å². The Bertz CT molecular complexity index is 1850. The molecule has 0 saturated heterocycles. The van der Waals surface area contributed by atoms with Crippen molar-refractivity contribution in [3.8, 4) is 16.8 Å². The summed E-state index contributed by atoms with van der Waals surface area (Å²) in [6.45, 7) is 0. The Hall–Kier alpha value is -3.86. The highest BCUT2D eigenvalue weighted by atomic mass is 32.1. The lowest BCUT2D eigenvalue weighted by molar-refractivity contribution is 0.615. The summed E-state index contributed by atoms with van der Waals surface area (Å²) >= 11 is 1.79. The van der Waals surface area contributed by atoms with E-state index in [1.165, 1.54) is 66.3 Å². The van der Waals surface area contributed by atoms with Gasteiger partial charge in [0.25, 0.3) is 0 Å². The van der Waals surface area contributed by atoms with Gasteiger partial charge in [-0.2, -0.15) is 0 Å². The average molecular weight is 452 g/mol. The molecule has 0 saturated carbocycles. The maximum atomic E-state index is 9.49. The number of benzene rings is 5. The number of para-hydroxylation sites is 2. The molecule has 1 N–H and O–H groups in total. The molecule has 7 rings (SSSR count). The zero-order chi connectivity index (χ0) is 22.6. The van der Waals surface area contributed by atoms with Crippen molar-refractivity contribution < 1.29 is 5.02 Å². The Balaban J connectivity index is 1.46. The van der Waals surface area contributed by atoms with Gasteiger partial charge in [0.15, 0.2) is 0 Å². The molecule has 7 aromatic rings. The van der Waals surface area contributed by atoms with Gasteiger partial charge in [-0.25, -0.2) is 0 Å². The van der Waals surface area contributed by atoms with Crippen molar-refractivity contribution in [2.24, 2.45) is 0 Å². The molecule has 4 heteroatoms. The van der Waals surface area contributed by atoms with Gasteiger partial charge in [-0.3, -0.25) is 0 Å². The zero-order valence-electron chi connectivity index (χ0n) is 18.3. The van der Waals surface area contributed by atoms with E-state index in [9.17, 15) is 5.02 Å². The molecule has 0 unspecified atom stereocenters. The summed E-state index contributed by atoms with van der Waals surface area (Å²) in [5.74, 6) is 0. The second kappa shape index (κ2) is 7.59. The number of hydrogen-bond acceptors (Lipinski definition) is 2. The lowest BCUT2D eigenvalue weighted by atomic mass is 9.88. The van der Waals surface area contributed by atoms with Gasteiger partial charge < -0.3 is 9.59 Å². The highest BCUT2D eigenvalue weighted by molar-refractivity contribution is 7.25. The van der Waals surface area contributed by atoms with Crippen molar-refractivity contribution in [2.75, 3.05) is 0 Å². The molecule has 1 radical (unpaired) electrons. The first-order valence-electron chi connectivity index (χ1n) is 11.3. The van der Waals surface area contributed by atoms with Gasteiger partial charge in [0, 0.05) is 31.2 Å². The van der Waals surface area contributed by atoms with Crippen LogP contribution >= 0.6 is 11.3 Å². The predicted octanol–water partition coefficient (Wildman–Crippen LogP) is 7.06. The highest BCUT2D eigenvalue weighted by Crippen LogP contribution is 2.38. The maximum Gasteiger partial charge on any atom is 0.326 e. The van der Waals surface area contributed by atoms with Gasteiger partial charge in [-0.15, -0.1) is 11.3 Å². The quantitative estimate of drug-likeness (QED) is 0.286. The third-order valence-corrected chi connectivity index (χ3v) is 7.81. The lowest BCUT2D eigenvalue weighted by Crippen LogP contribution is -2.11. The van der Waals surface area contributed by atoms with E-state index in [1.807, 2.05) is 6.07 Å². The van der Waals surface area contributed by atoms with E-state index in [-0.39, 0.29) is 0 Å². The first-order valence-corrected chi connectivity index (χ1v) is 12.1. The molecule has 5 aromatic carbocycles. The monoisotopic (exact) mass is 452 g/mol. The SMILES string of the molecule is O[B]c1ccc2sc3ccc(-c4ccc5c(c4)c4ccccc4n5-c4ccccc4)cc3c2c1. The standard InChI is InChI=1S/C30H19BNOS/c33-31-21-12-15-30-26(18-21)25-17-20(11-14-29(25)34-30)19-10-13-28-24(16-19)23-8-4-5-9-27(23)32(28)22-6-2-1-3-7-22/h1-18,33H. The van der Waals surface area contributed by atoms with Crippen LogP contribution in [-0.2, 0) is 0 Å². The molecular formula is C30H19BNOS. The summed E-state index contributed by atoms with van der Waals surface area (Å²) in [6, 6.07) is 38.8. The van der Waals surface area contributed by atoms with Crippen LogP contribution in [0.2, 0.25) is 0 Å². The van der Waals surface area contributed by atoms with E-state index in [4.69, 9.17) is 0 Å². The second-order valence-corrected chi connectivity index (χ2v) is 9.70. The van der Waals surface area contributed by atoms with Crippen molar-refractivity contribution in [1.82, 2.24) is 4.57 Å². The molecule has 0 aliphatic heterocycles. The lowest BCUT2D eigenvalue weighted by Gasteiger charge is -2.08. The predicted molar refractivity (Wildman–Crippen MR) is 147 cm³/mol. The minimum Gasteiger partial charge on any atom is -0.450 e. The molecule has 0 spiro atoms. The Morgan fingerprint density at radius 1 is 0.559 bits per heavy atom. The molecule has 0 amide bonds. The number of rotatable bonds is 3. The molecule has 2 aromatic heterocycles. The molecule has 0 aliphatic carbocycles. The van der Waals surface area contributed by atoms with E-state index >= 15 is 0 Å². The van der Waals surface area contributed by atoms with Gasteiger partial charge in [0.2, 0.25) is 0 Å². The number of hydrogen-bond donors (Lipinski definition) is 1. The summed E-state index contributed by atoms with van der Waals surface area (Å²) in [6.07, 6.45) is 0. The van der Waals surface area contributed by atoms with Crippen LogP contribution in [0, 0.1) is 0 Å². The third-order valence-electron chi connectivity index (χ3n) is 6.66. The molecule has 0 atom stereocenters. The average Bonchev–Trinajstić information content (AvgIpc) is 3.43. The Morgan fingerprint density at radius 2 is 1.21 bits per heavy atom. The fourth-order valence-corrected chi connectivity index (χ4v) is 6.13. The topological polar surface area (TPSA) is 25.2 Å². The summed E-state index contributed by atoms with van der Waals surface area (Å²) in [5, 5.41) is 14.4. The molecular weight excluding hydrogens is 433 g/mol. The first-order chi connectivity index (χ1) is 16.8. The van der Waals surface area contributed by atoms with Crippen molar-refractivity contribution in [2.45, 2.75) is 0 Å². The molecule has 2 nitrogen and oxygen atoms in total. The fraction of sp³-hybridized carbons (Fsp3) is 0. The number of aromatic nitrogens is 1. The van der Waals surface area contributed by atoms with E-state index in [0.717, 1.165) is 5.46 Å². The maximum absolute atomic E-state index is 9.49. The smallest absolute Gasteiger partial charge is 0.326 e. The number of nitrogens with zero attached hydrogens (tertiary/aromatic N) is 1. The van der Waals surface area contributed by atoms with Gasteiger partial charge in [-0.05, 0) is 65.0 Å². The molecule has 0 bridgehead atoms. The van der Waals surface area contributed by atoms with Crippen LogP contribution in [0.5, 0.6) is 0 Å². The van der Waals surface area contributed by atoms with E-state index < -0.39 is 0 Å². The minimum atomic E-state index is 0.827. The summed E-state index contributed by atoms with van der Waals surface area (Å²) < 4.78 is 4.84. The number of thiophene rings is 1. The summed E-state index contributed by atoms with van der Waals surface area (Å²) in [7, 11) is 1.17. The normalized spacial score (nSPS) is 11.7. The van der Waals surface area contributed by atoms with E-state index in [2.05, 4.69) is 108 Å². The highest BCUT2D eigenvalue weighted by Gasteiger charge is 2.14. The largest absolute Gasteiger partial charge is 0.450 e. The summed E-state index contributed by atoms with van der Waals surface area (Å²) in [4.78, 5) is 0. The van der Waals surface area contributed by atoms with Crippen LogP contribution in [0.4, 0.5) is 0 Å². The van der Waals surface area contributed by atoms with Gasteiger partial charge in [0.1, 0.15) is 0 Å². The minimum absolute atomic E-state index is 0.827. The molecule has 0 fully saturated rings. The first kappa shape index (κ1) is 19.6. The van der Waals surface area contributed by atoms with E-state index in [0.29, 0.717) is 0 Å². The molecule has 0 aliphatic rings. The van der Waals surface area contributed by atoms with Crippen molar-refractivity contribution >= 4 is 66.3 Å². The Morgan fingerprint density at radius 3 is 2.03 bits per heavy atom. The van der Waals surface area contributed by atoms with E-state index in [1.54, 1.807) is 11.3 Å². The fourth-order valence-electron chi connectivity index (χ4n) is 5.06. The second-order valence-electron chi connectivity index (χ2n) is 8.62. The van der Waals surface area contributed by atoms with Crippen molar-refractivity contribution in [3.05, 3.63) is 109 Å². The Labute approximate surface area is 201 Å². The van der Waals surface area contributed by atoms with Gasteiger partial charge >= 0.3 is 7.48 Å². The van der Waals surface area contributed by atoms with Crippen LogP contribution in [0.1, 0.15) is 0 Å². The van der Waals surface area contributed by atoms with Crippen LogP contribution in [0.3, 0.4) is 0 Å². The van der Waals surface area contributed by atoms with Crippen molar-refractivity contribution in [1.29, 1.82) is 0 Å². The van der Waals surface area contributed by atoms with Crippen molar-refractivity contribution in [3.63, 3.8) is 0 Å². The molecule has 159 valence electrons. The van der Waals surface area contributed by atoms with Gasteiger partial charge in [0.05, 0.1) is 11.0 Å². The Kier molecular flexibility index (Phi) is 4.38. The summed E-state index contributed by atoms with van der Waals surface area (Å²) in [5.41, 5.74) is 6.82. The van der Waals surface area contributed by atoms with Crippen LogP contribution in [0.15, 0.2) is 109 Å². The number of fused-ring (bicyclic) bond motifs is 6. The molecule has 34 heavy (non-hydrogen) atoms. The third kappa shape index (κ3) is 2.93.